The third kappa shape index (κ3) is 4.74. The smallest absolute Gasteiger partial charge is 0.234 e. The van der Waals surface area contributed by atoms with Gasteiger partial charge in [0.05, 0.1) is 5.75 Å². The van der Waals surface area contributed by atoms with E-state index in [0.717, 1.165) is 25.7 Å². The maximum atomic E-state index is 12.3. The van der Waals surface area contributed by atoms with Crippen molar-refractivity contribution in [2.75, 3.05) is 23.2 Å². The van der Waals surface area contributed by atoms with Crippen molar-refractivity contribution in [3.05, 3.63) is 18.2 Å². The molecule has 28 heavy (non-hydrogen) atoms. The van der Waals surface area contributed by atoms with Crippen molar-refractivity contribution in [3.63, 3.8) is 0 Å². The molecule has 0 bridgehead atoms. The number of nitrogens with one attached hydrogen (secondary N) is 2. The van der Waals surface area contributed by atoms with Crippen LogP contribution < -0.4 is 20.1 Å². The molecule has 2 heterocycles. The van der Waals surface area contributed by atoms with Gasteiger partial charge in [0.15, 0.2) is 15.8 Å². The highest BCUT2D eigenvalue weighted by atomic mass is 32.2. The number of hydrogen-bond acceptors (Lipinski definition) is 8. The zero-order valence-electron chi connectivity index (χ0n) is 15.1. The van der Waals surface area contributed by atoms with Crippen molar-refractivity contribution in [1.82, 2.24) is 10.2 Å². The number of benzene rings is 1. The van der Waals surface area contributed by atoms with Crippen LogP contribution >= 0.6 is 23.1 Å². The van der Waals surface area contributed by atoms with E-state index < -0.39 is 0 Å². The van der Waals surface area contributed by atoms with Gasteiger partial charge in [-0.05, 0) is 25.0 Å². The van der Waals surface area contributed by atoms with Crippen LogP contribution in [-0.2, 0) is 9.59 Å². The molecule has 0 atom stereocenters. The van der Waals surface area contributed by atoms with Crippen molar-refractivity contribution >= 4 is 45.7 Å². The Labute approximate surface area is 170 Å². The monoisotopic (exact) mass is 420 g/mol. The lowest BCUT2D eigenvalue weighted by Crippen LogP contribution is -2.24. The summed E-state index contributed by atoms with van der Waals surface area (Å²) in [5, 5.41) is 14.2. The normalized spacial score (nSPS) is 16.0. The Hall–Kier alpha value is -2.33. The van der Waals surface area contributed by atoms with Gasteiger partial charge in [-0.15, -0.1) is 10.2 Å². The SMILES string of the molecule is O=C(CSc1nnc(NC(=O)C2CCCCC2)s1)Nc1ccc2c(c1)OCO2. The number of fused-ring (bicyclic) bond motifs is 1. The average molecular weight is 421 g/mol. The fourth-order valence-electron chi connectivity index (χ4n) is 3.19. The van der Waals surface area contributed by atoms with Crippen LogP contribution in [0.5, 0.6) is 11.5 Å². The highest BCUT2D eigenvalue weighted by Crippen LogP contribution is 2.34. The van der Waals surface area contributed by atoms with Gasteiger partial charge in [0.1, 0.15) is 0 Å². The van der Waals surface area contributed by atoms with E-state index in [0.29, 0.717) is 26.7 Å². The maximum absolute atomic E-state index is 12.3. The van der Waals surface area contributed by atoms with Gasteiger partial charge in [-0.2, -0.15) is 0 Å². The summed E-state index contributed by atoms with van der Waals surface area (Å²) in [6.45, 7) is 0.194. The molecule has 8 nitrogen and oxygen atoms in total. The topological polar surface area (TPSA) is 102 Å². The molecule has 1 saturated carbocycles. The minimum Gasteiger partial charge on any atom is -0.454 e. The molecule has 0 unspecified atom stereocenters. The molecule has 2 amide bonds. The van der Waals surface area contributed by atoms with Gasteiger partial charge in [0.2, 0.25) is 23.7 Å². The summed E-state index contributed by atoms with van der Waals surface area (Å²) in [5.74, 6) is 1.41. The number of hydrogen-bond donors (Lipinski definition) is 2. The lowest BCUT2D eigenvalue weighted by atomic mass is 9.89. The summed E-state index contributed by atoms with van der Waals surface area (Å²) in [6, 6.07) is 5.26. The number of aromatic nitrogens is 2. The Balaban J connectivity index is 1.24. The number of ether oxygens (including phenoxy) is 2. The number of rotatable bonds is 6. The number of nitrogens with zero attached hydrogens (tertiary/aromatic N) is 2. The fraction of sp³-hybridized carbons (Fsp3) is 0.444. The number of amides is 2. The minimum absolute atomic E-state index is 0.0213. The van der Waals surface area contributed by atoms with Crippen molar-refractivity contribution in [2.24, 2.45) is 5.92 Å². The summed E-state index contributed by atoms with van der Waals surface area (Å²) in [5.41, 5.74) is 0.646. The molecule has 0 spiro atoms. The zero-order chi connectivity index (χ0) is 19.3. The van der Waals surface area contributed by atoms with Crippen LogP contribution in [-0.4, -0.2) is 34.6 Å². The summed E-state index contributed by atoms with van der Waals surface area (Å²) in [4.78, 5) is 24.4. The van der Waals surface area contributed by atoms with Crippen molar-refractivity contribution < 1.29 is 19.1 Å². The van der Waals surface area contributed by atoms with Gasteiger partial charge < -0.3 is 20.1 Å². The molecule has 4 rings (SSSR count). The number of anilines is 2. The van der Waals surface area contributed by atoms with Crippen LogP contribution in [0.15, 0.2) is 22.5 Å². The average Bonchev–Trinajstić information content (AvgIpc) is 3.36. The van der Waals surface area contributed by atoms with E-state index >= 15 is 0 Å². The summed E-state index contributed by atoms with van der Waals surface area (Å²) in [7, 11) is 0. The van der Waals surface area contributed by atoms with E-state index in [1.54, 1.807) is 18.2 Å². The summed E-state index contributed by atoms with van der Waals surface area (Å²) < 4.78 is 11.2. The summed E-state index contributed by atoms with van der Waals surface area (Å²) >= 11 is 2.56. The highest BCUT2D eigenvalue weighted by Gasteiger charge is 2.22. The molecule has 2 aliphatic rings. The number of thioether (sulfide) groups is 1. The quantitative estimate of drug-likeness (QED) is 0.544. The third-order valence-electron chi connectivity index (χ3n) is 4.60. The van der Waals surface area contributed by atoms with Crippen LogP contribution in [0.25, 0.3) is 0 Å². The molecule has 0 saturated heterocycles. The standard InChI is InChI=1S/C18H20N4O4S2/c23-15(19-12-6-7-13-14(8-12)26-10-25-13)9-27-18-22-21-17(28-18)20-16(24)11-4-2-1-3-5-11/h6-8,11H,1-5,9-10H2,(H,19,23)(H,20,21,24). The highest BCUT2D eigenvalue weighted by molar-refractivity contribution is 8.01. The molecule has 0 radical (unpaired) electrons. The second-order valence-electron chi connectivity index (χ2n) is 6.60. The van der Waals surface area contributed by atoms with Gasteiger partial charge >= 0.3 is 0 Å². The van der Waals surface area contributed by atoms with E-state index in [4.69, 9.17) is 9.47 Å². The van der Waals surface area contributed by atoms with Crippen LogP contribution in [0, 0.1) is 5.92 Å². The molecule has 1 aliphatic carbocycles. The Bertz CT molecular complexity index is 867. The van der Waals surface area contributed by atoms with Crippen molar-refractivity contribution in [1.29, 1.82) is 0 Å². The van der Waals surface area contributed by atoms with Gasteiger partial charge in [-0.1, -0.05) is 42.4 Å². The Morgan fingerprint density at radius 2 is 1.93 bits per heavy atom. The molecule has 148 valence electrons. The molecule has 2 aromatic rings. The zero-order valence-corrected chi connectivity index (χ0v) is 16.7. The first-order chi connectivity index (χ1) is 13.7. The van der Waals surface area contributed by atoms with Crippen LogP contribution in [0.1, 0.15) is 32.1 Å². The largest absolute Gasteiger partial charge is 0.454 e. The Kier molecular flexibility index (Phi) is 5.96. The van der Waals surface area contributed by atoms with Gasteiger partial charge in [-0.25, -0.2) is 0 Å². The number of carbonyl (C=O) groups is 2. The predicted octanol–water partition coefficient (Wildman–Crippen LogP) is 3.52. The van der Waals surface area contributed by atoms with Gasteiger partial charge in [0.25, 0.3) is 0 Å². The first kappa shape index (κ1) is 19.0. The second kappa shape index (κ2) is 8.78. The Morgan fingerprint density at radius 1 is 1.11 bits per heavy atom. The predicted molar refractivity (Wildman–Crippen MR) is 107 cm³/mol. The fourth-order valence-corrected chi connectivity index (χ4v) is 4.74. The van der Waals surface area contributed by atoms with E-state index in [1.165, 1.54) is 29.5 Å². The first-order valence-corrected chi connectivity index (χ1v) is 10.9. The molecule has 1 fully saturated rings. The third-order valence-corrected chi connectivity index (χ3v) is 6.57. The minimum atomic E-state index is -0.160. The summed E-state index contributed by atoms with van der Waals surface area (Å²) in [6.07, 6.45) is 5.29. The van der Waals surface area contributed by atoms with Crippen LogP contribution in [0.4, 0.5) is 10.8 Å². The van der Waals surface area contributed by atoms with Crippen LogP contribution in [0.3, 0.4) is 0 Å². The first-order valence-electron chi connectivity index (χ1n) is 9.14. The van der Waals surface area contributed by atoms with Gasteiger partial charge in [0, 0.05) is 17.7 Å². The molecule has 1 aliphatic heterocycles. The Morgan fingerprint density at radius 3 is 2.79 bits per heavy atom. The van der Waals surface area contributed by atoms with Crippen molar-refractivity contribution in [2.45, 2.75) is 36.4 Å². The van der Waals surface area contributed by atoms with Gasteiger partial charge in [-0.3, -0.25) is 9.59 Å². The molecular weight excluding hydrogens is 400 g/mol. The second-order valence-corrected chi connectivity index (χ2v) is 8.80. The van der Waals surface area contributed by atoms with Crippen LogP contribution in [0.2, 0.25) is 0 Å². The van der Waals surface area contributed by atoms with E-state index in [9.17, 15) is 9.59 Å². The lowest BCUT2D eigenvalue weighted by molar-refractivity contribution is -0.120. The number of carbonyl (C=O) groups excluding carboxylic acids is 2. The molecule has 2 N–H and O–H groups in total. The molecular formula is C18H20N4O4S2. The lowest BCUT2D eigenvalue weighted by Gasteiger charge is -2.19. The van der Waals surface area contributed by atoms with Crippen molar-refractivity contribution in [3.8, 4) is 11.5 Å². The van der Waals surface area contributed by atoms with E-state index in [1.807, 2.05) is 0 Å². The van der Waals surface area contributed by atoms with E-state index in [-0.39, 0.29) is 30.3 Å². The maximum Gasteiger partial charge on any atom is 0.234 e. The molecule has 1 aromatic heterocycles. The van der Waals surface area contributed by atoms with E-state index in [2.05, 4.69) is 20.8 Å². The molecule has 10 heteroatoms. The molecule has 1 aromatic carbocycles.